The molecule has 0 aliphatic heterocycles. The molecule has 0 amide bonds. The van der Waals surface area contributed by atoms with Gasteiger partial charge in [0.1, 0.15) is 11.5 Å². The second-order valence-corrected chi connectivity index (χ2v) is 50.0. The summed E-state index contributed by atoms with van der Waals surface area (Å²) >= 11 is -0.705. The third kappa shape index (κ3) is 29.3. The van der Waals surface area contributed by atoms with Crippen LogP contribution in [0, 0.1) is 42.9 Å². The standard InChI is InChI=1S/2C36H50O.2C10H15N.2C10H12.C4H10O.C4H9O.CH3.Li.2Mo/c2*1-20(2)26-16-30(22(5)6)34(31(17-26)23(7)8)28-14-13-15-29(36(28)37)35-32(24(9)10)18-27(21(3)4)19-33(35)25(11)12;2*11-10-4-7-1-8(5-10)3-9(2-7)6-10;2*1-10(2,3)9-7-5-4-6-8-9;2*1-4(2,3)5;;;;/h2*13-25,37H,1-12H3;2*7-9H,1-6H2;2*1,4-8H,2-3H3;5H,1-3H3;1-3H3;1H3;;;/q;;;;;;;2*-1;+1;;. The van der Waals surface area contributed by atoms with Gasteiger partial charge in [0, 0.05) is 22.3 Å². The number of nitrogens with zero attached hydrogens (tertiary/aromatic N) is 2. The first-order valence-electron chi connectivity index (χ1n) is 50.0. The molecule has 0 atom stereocenters. The number of hydrogen-bond donors (Lipinski definition) is 3. The molecular weight excluding hydrogens is 1740 g/mol. The molecule has 8 fully saturated rings. The zero-order valence-corrected chi connectivity index (χ0v) is 92.4. The number of benzene rings is 8. The van der Waals surface area contributed by atoms with E-state index in [0.29, 0.717) is 93.6 Å². The van der Waals surface area contributed by atoms with Crippen LogP contribution in [-0.4, -0.2) is 46.4 Å². The molecule has 16 rings (SSSR count). The molecule has 0 unspecified atom stereocenters. The Labute approximate surface area is 823 Å². The molecule has 8 aromatic rings. The van der Waals surface area contributed by atoms with Gasteiger partial charge >= 0.3 is 304 Å². The fourth-order valence-corrected chi connectivity index (χ4v) is 26.1. The Hall–Kier alpha value is -5.41. The van der Waals surface area contributed by atoms with Crippen molar-refractivity contribution < 1.29 is 75.1 Å². The smallest absolute Gasteiger partial charge is 0.507 e. The average molecular weight is 1920 g/mol. The number of aliphatic hydroxyl groups is 1. The van der Waals surface area contributed by atoms with E-state index in [1.807, 2.05) is 0 Å². The normalized spacial score (nSPS) is 20.2. The fraction of sp³-hybridized carbons (Fsp3) is 0.579. The number of aromatic hydroxyl groups is 2. The van der Waals surface area contributed by atoms with Gasteiger partial charge in [0.25, 0.3) is 0 Å². The van der Waals surface area contributed by atoms with Gasteiger partial charge in [-0.3, -0.25) is 0 Å². The molecular formula is C121H176LiMo2N2O4-. The minimum atomic E-state index is -0.750. The third-order valence-electron chi connectivity index (χ3n) is 27.9. The van der Waals surface area contributed by atoms with Gasteiger partial charge in [-0.1, -0.05) is 272 Å². The van der Waals surface area contributed by atoms with E-state index in [2.05, 4.69) is 348 Å². The summed E-state index contributed by atoms with van der Waals surface area (Å²) in [5.74, 6) is 11.6. The van der Waals surface area contributed by atoms with E-state index in [0.717, 1.165) is 57.8 Å². The van der Waals surface area contributed by atoms with Crippen LogP contribution in [0.1, 0.15) is 461 Å². The number of rotatable bonds is 22. The number of phenolic OH excluding ortho intramolecular Hbond substituents is 2. The van der Waals surface area contributed by atoms with E-state index in [1.54, 1.807) is 41.5 Å². The molecule has 8 saturated carbocycles. The first kappa shape index (κ1) is 112. The summed E-state index contributed by atoms with van der Waals surface area (Å²) in [6.45, 7) is 74.0. The fourth-order valence-electron chi connectivity index (χ4n) is 21.7. The van der Waals surface area contributed by atoms with Crippen LogP contribution < -0.4 is 24.0 Å². The third-order valence-corrected chi connectivity index (χ3v) is 33.8. The molecule has 130 heavy (non-hydrogen) atoms. The van der Waals surface area contributed by atoms with Crippen molar-refractivity contribution in [1.29, 1.82) is 0 Å². The van der Waals surface area contributed by atoms with Gasteiger partial charge in [-0.2, -0.15) is 0 Å². The van der Waals surface area contributed by atoms with E-state index in [4.69, 9.17) is 12.1 Å². The molecule has 8 aliphatic rings. The summed E-state index contributed by atoms with van der Waals surface area (Å²) in [6, 6.07) is 53.6. The van der Waals surface area contributed by atoms with Gasteiger partial charge in [0.2, 0.25) is 0 Å². The largest absolute Gasteiger partial charge is 1.00 e. The summed E-state index contributed by atoms with van der Waals surface area (Å²) in [7, 11) is 0. The van der Waals surface area contributed by atoms with Crippen molar-refractivity contribution in [3.63, 3.8) is 0 Å². The first-order chi connectivity index (χ1) is 59.6. The maximum Gasteiger partial charge on any atom is 1.00 e. The Morgan fingerprint density at radius 3 is 0.631 bits per heavy atom. The average Bonchev–Trinajstić information content (AvgIpc) is 0.761. The van der Waals surface area contributed by atoms with Crippen molar-refractivity contribution in [2.24, 2.45) is 42.5 Å². The summed E-state index contributed by atoms with van der Waals surface area (Å²) in [6.07, 6.45) is 17.7. The molecule has 8 aliphatic carbocycles. The predicted molar refractivity (Wildman–Crippen MR) is 553 cm³/mol. The minimum absolute atomic E-state index is 0. The number of phenols is 2. The molecule has 8 bridgehead atoms. The Balaban J connectivity index is 0.000000232. The van der Waals surface area contributed by atoms with Gasteiger partial charge in [0.15, 0.2) is 0 Å². The van der Waals surface area contributed by atoms with Crippen molar-refractivity contribution in [3.8, 4) is 56.0 Å². The maximum absolute atomic E-state index is 12.1. The Morgan fingerprint density at radius 1 is 0.308 bits per heavy atom. The SMILES string of the molecule is CC(C)(C)O.CC(C)(C)[O-].CC(C)([CH]=[Mo]=[N]C12CC3CC(CC(C3)C1)C2)c1ccccc1.CC(C)([CH]=[Mo]=[N]C12CC3CC(CC(C3)C1)C2)c1ccccc1.CC(C)c1cc(C(C)C)c(-c2cccc(-c3c(C(C)C)cc(C(C)C)cc3C(C)C)c2O)c(C(C)C)c1.CC(C)c1cc(C(C)C)c(-c2cccc(-c3c(C(C)C)cc(C(C)C)cc3C(C)C)c2O)c(C(C)C)c1.[CH3-].[Li+]. The van der Waals surface area contributed by atoms with Gasteiger partial charge in [-0.25, -0.2) is 0 Å². The van der Waals surface area contributed by atoms with E-state index < -0.39 is 11.2 Å². The van der Waals surface area contributed by atoms with Gasteiger partial charge in [-0.15, -0.1) is 5.60 Å². The molecule has 0 radical (unpaired) electrons. The molecule has 3 N–H and O–H groups in total. The monoisotopic (exact) mass is 1920 g/mol. The van der Waals surface area contributed by atoms with Crippen LogP contribution in [0.3, 0.4) is 0 Å². The Morgan fingerprint density at radius 2 is 0.477 bits per heavy atom. The van der Waals surface area contributed by atoms with E-state index in [9.17, 15) is 15.3 Å². The molecule has 0 spiro atoms. The molecule has 708 valence electrons. The predicted octanol–water partition coefficient (Wildman–Crippen LogP) is 31.3. The van der Waals surface area contributed by atoms with Gasteiger partial charge < -0.3 is 27.9 Å². The van der Waals surface area contributed by atoms with Crippen molar-refractivity contribution in [2.75, 3.05) is 0 Å². The molecule has 6 nitrogen and oxygen atoms in total. The quantitative estimate of drug-likeness (QED) is 0.0464. The molecule has 0 heterocycles. The number of para-hydroxylation sites is 2. The summed E-state index contributed by atoms with van der Waals surface area (Å²) in [5, 5.41) is 42.8. The Bertz CT molecular complexity index is 4430. The second-order valence-electron chi connectivity index (χ2n) is 46.9. The molecule has 0 saturated heterocycles. The van der Waals surface area contributed by atoms with Crippen LogP contribution >= 0.6 is 0 Å². The van der Waals surface area contributed by atoms with Crippen LogP contribution in [0.25, 0.3) is 44.5 Å². The molecule has 0 aromatic heterocycles. The summed E-state index contributed by atoms with van der Waals surface area (Å²) in [4.78, 5) is 0. The van der Waals surface area contributed by atoms with Crippen LogP contribution in [-0.2, 0) is 46.7 Å². The zero-order valence-electron chi connectivity index (χ0n) is 88.3. The van der Waals surface area contributed by atoms with Crippen molar-refractivity contribution in [2.45, 2.75) is 417 Å². The van der Waals surface area contributed by atoms with Gasteiger partial charge in [-0.05, 0) is 181 Å². The minimum Gasteiger partial charge on any atom is -0.507 e. The molecule has 8 aromatic carbocycles. The van der Waals surface area contributed by atoms with Crippen molar-refractivity contribution >= 4 is 8.80 Å². The van der Waals surface area contributed by atoms with Crippen molar-refractivity contribution in [3.05, 3.63) is 231 Å². The second kappa shape index (κ2) is 47.1. The van der Waals surface area contributed by atoms with Gasteiger partial charge in [0.05, 0.1) is 5.60 Å². The maximum atomic E-state index is 12.1. The van der Waals surface area contributed by atoms with E-state index in [1.165, 1.54) is 177 Å². The number of hydrogen-bond acceptors (Lipinski definition) is 6. The first-order valence-corrected chi connectivity index (χ1v) is 54.1. The van der Waals surface area contributed by atoms with Crippen LogP contribution in [0.4, 0.5) is 0 Å². The zero-order chi connectivity index (χ0) is 94.9. The summed E-state index contributed by atoms with van der Waals surface area (Å²) < 4.78 is 15.9. The van der Waals surface area contributed by atoms with Crippen LogP contribution in [0.5, 0.6) is 11.5 Å². The van der Waals surface area contributed by atoms with E-state index >= 15 is 0 Å². The Kier molecular flexibility index (Phi) is 40.4. The van der Waals surface area contributed by atoms with E-state index in [-0.39, 0.29) is 73.0 Å². The summed E-state index contributed by atoms with van der Waals surface area (Å²) in [5.41, 5.74) is 27.6. The molecule has 9 heteroatoms. The van der Waals surface area contributed by atoms with Crippen LogP contribution in [0.2, 0.25) is 0 Å². The topological polar surface area (TPSA) is 108 Å². The van der Waals surface area contributed by atoms with Crippen molar-refractivity contribution in [1.82, 2.24) is 0 Å². The van der Waals surface area contributed by atoms with Crippen LogP contribution in [0.15, 0.2) is 153 Å².